The van der Waals surface area contributed by atoms with Crippen LogP contribution in [0.1, 0.15) is 33.8 Å². The van der Waals surface area contributed by atoms with Gasteiger partial charge >= 0.3 is 0 Å². The van der Waals surface area contributed by atoms with Crippen molar-refractivity contribution in [2.45, 2.75) is 25.3 Å². The number of likely N-dealkylation sites (tertiary alicyclic amines) is 1. The van der Waals surface area contributed by atoms with Crippen LogP contribution < -0.4 is 24.0 Å². The van der Waals surface area contributed by atoms with E-state index in [1.807, 2.05) is 4.90 Å². The number of methoxy groups -OCH3 is 3. The number of hydrogen-bond acceptors (Lipinski definition) is 4. The molecule has 154 valence electrons. The summed E-state index contributed by atoms with van der Waals surface area (Å²) >= 11 is 0. The predicted octanol–water partition coefficient (Wildman–Crippen LogP) is 2.05. The van der Waals surface area contributed by atoms with E-state index in [-0.39, 0.29) is 11.9 Å². The molecule has 6 nitrogen and oxygen atoms in total. The zero-order valence-electron chi connectivity index (χ0n) is 17.7. The molecule has 3 atom stereocenters. The van der Waals surface area contributed by atoms with E-state index < -0.39 is 0 Å². The highest BCUT2D eigenvalue weighted by molar-refractivity contribution is 6.08. The van der Waals surface area contributed by atoms with Crippen LogP contribution in [0.25, 0.3) is 0 Å². The van der Waals surface area contributed by atoms with Gasteiger partial charge in [0.25, 0.3) is 5.91 Å². The van der Waals surface area contributed by atoms with Crippen molar-refractivity contribution in [2.75, 3.05) is 46.4 Å². The van der Waals surface area contributed by atoms with Crippen LogP contribution in [0.2, 0.25) is 0 Å². The van der Waals surface area contributed by atoms with Crippen molar-refractivity contribution in [2.24, 2.45) is 0 Å². The quantitative estimate of drug-likeness (QED) is 0.858. The van der Waals surface area contributed by atoms with E-state index in [0.29, 0.717) is 28.7 Å². The number of fused-ring (bicyclic) bond motifs is 3. The summed E-state index contributed by atoms with van der Waals surface area (Å²) in [7, 11) is 6.92. The normalized spacial score (nSPS) is 22.7. The van der Waals surface area contributed by atoms with Crippen molar-refractivity contribution < 1.29 is 23.9 Å². The van der Waals surface area contributed by atoms with Gasteiger partial charge in [0.05, 0.1) is 53.4 Å². The van der Waals surface area contributed by atoms with Gasteiger partial charge in [-0.1, -0.05) is 17.7 Å². The SMILES string of the molecule is COc1cc(C(=O)N2c3ccc(C)cc3[C@@H]3C[NH+](C)CC[C@@H]32)cc(OC)c1OC. The van der Waals surface area contributed by atoms with Crippen molar-refractivity contribution in [3.05, 3.63) is 47.0 Å². The molecule has 0 aliphatic carbocycles. The fourth-order valence-corrected chi connectivity index (χ4v) is 4.81. The lowest BCUT2D eigenvalue weighted by atomic mass is 9.88. The monoisotopic (exact) mass is 397 g/mol. The van der Waals surface area contributed by atoms with Gasteiger partial charge in [-0.3, -0.25) is 4.79 Å². The first kappa shape index (κ1) is 19.6. The fraction of sp³-hybridized carbons (Fsp3) is 0.435. The highest BCUT2D eigenvalue weighted by Crippen LogP contribution is 2.45. The molecule has 2 aliphatic heterocycles. The van der Waals surface area contributed by atoms with E-state index in [4.69, 9.17) is 14.2 Å². The molecule has 29 heavy (non-hydrogen) atoms. The van der Waals surface area contributed by atoms with Gasteiger partial charge in [-0.2, -0.15) is 0 Å². The Bertz CT molecular complexity index is 917. The molecule has 0 spiro atoms. The maximum Gasteiger partial charge on any atom is 0.258 e. The van der Waals surface area contributed by atoms with Crippen molar-refractivity contribution in [1.82, 2.24) is 0 Å². The van der Waals surface area contributed by atoms with E-state index in [2.05, 4.69) is 32.2 Å². The molecule has 0 aromatic heterocycles. The van der Waals surface area contributed by atoms with E-state index in [9.17, 15) is 4.79 Å². The Morgan fingerprint density at radius 1 is 1.07 bits per heavy atom. The Morgan fingerprint density at radius 3 is 2.38 bits per heavy atom. The summed E-state index contributed by atoms with van der Waals surface area (Å²) in [5, 5.41) is 0. The molecule has 0 radical (unpaired) electrons. The van der Waals surface area contributed by atoms with Crippen LogP contribution in [0.4, 0.5) is 5.69 Å². The van der Waals surface area contributed by atoms with Gasteiger partial charge in [-0.25, -0.2) is 0 Å². The van der Waals surface area contributed by atoms with Crippen molar-refractivity contribution >= 4 is 11.6 Å². The highest BCUT2D eigenvalue weighted by atomic mass is 16.5. The first-order valence-corrected chi connectivity index (χ1v) is 10.0. The number of aryl methyl sites for hydroxylation is 1. The van der Waals surface area contributed by atoms with Crippen molar-refractivity contribution in [1.29, 1.82) is 0 Å². The van der Waals surface area contributed by atoms with Gasteiger partial charge in [0.15, 0.2) is 11.5 Å². The second kappa shape index (κ2) is 7.59. The summed E-state index contributed by atoms with van der Waals surface area (Å²) in [6, 6.07) is 10.1. The third-order valence-corrected chi connectivity index (χ3v) is 6.20. The average Bonchev–Trinajstić information content (AvgIpc) is 3.04. The van der Waals surface area contributed by atoms with Gasteiger partial charge in [0, 0.05) is 17.7 Å². The molecule has 1 N–H and O–H groups in total. The van der Waals surface area contributed by atoms with Crippen LogP contribution in [0.3, 0.4) is 0 Å². The summed E-state index contributed by atoms with van der Waals surface area (Å²) in [6.45, 7) is 4.21. The number of benzene rings is 2. The number of likely N-dealkylation sites (N-methyl/N-ethyl adjacent to an activating group) is 1. The minimum absolute atomic E-state index is 0.0265. The Kier molecular flexibility index (Phi) is 5.13. The smallest absolute Gasteiger partial charge is 0.258 e. The summed E-state index contributed by atoms with van der Waals surface area (Å²) in [5.74, 6) is 1.81. The Morgan fingerprint density at radius 2 is 1.76 bits per heavy atom. The predicted molar refractivity (Wildman–Crippen MR) is 112 cm³/mol. The molecule has 2 heterocycles. The number of carbonyl (C=O) groups is 1. The van der Waals surface area contributed by atoms with Crippen LogP contribution in [0.15, 0.2) is 30.3 Å². The standard InChI is InChI=1S/C23H28N2O4/c1-14-6-7-18-16(10-14)17-13-24(2)9-8-19(17)25(18)23(26)15-11-20(27-3)22(29-5)21(12-15)28-4/h6-7,10-12,17,19H,8-9,13H2,1-5H3/p+1/t17-,19-/m0/s1. The zero-order valence-corrected chi connectivity index (χ0v) is 17.7. The number of rotatable bonds is 4. The number of nitrogens with one attached hydrogen (secondary N) is 1. The molecule has 1 fully saturated rings. The highest BCUT2D eigenvalue weighted by Gasteiger charge is 2.46. The van der Waals surface area contributed by atoms with Gasteiger partial charge in [-0.05, 0) is 30.7 Å². The topological polar surface area (TPSA) is 52.4 Å². The summed E-state index contributed by atoms with van der Waals surface area (Å²) in [4.78, 5) is 17.2. The zero-order chi connectivity index (χ0) is 20.7. The van der Waals surface area contributed by atoms with Crippen LogP contribution in [0, 0.1) is 6.92 Å². The summed E-state index contributed by atoms with van der Waals surface area (Å²) in [6.07, 6.45) is 0.987. The second-order valence-corrected chi connectivity index (χ2v) is 8.03. The van der Waals surface area contributed by atoms with Gasteiger partial charge in [0.1, 0.15) is 0 Å². The molecule has 1 unspecified atom stereocenters. The lowest BCUT2D eigenvalue weighted by Gasteiger charge is -2.34. The van der Waals surface area contributed by atoms with Crippen molar-refractivity contribution in [3.63, 3.8) is 0 Å². The number of piperidine rings is 1. The molecule has 6 heteroatoms. The Balaban J connectivity index is 1.79. The van der Waals surface area contributed by atoms with Crippen LogP contribution in [-0.4, -0.2) is 53.4 Å². The third kappa shape index (κ3) is 3.21. The number of carbonyl (C=O) groups excluding carboxylic acids is 1. The number of anilines is 1. The number of quaternary nitrogens is 1. The number of amides is 1. The fourth-order valence-electron chi connectivity index (χ4n) is 4.81. The molecule has 0 bridgehead atoms. The van der Waals surface area contributed by atoms with Crippen molar-refractivity contribution in [3.8, 4) is 17.2 Å². The molecule has 1 amide bonds. The Labute approximate surface area is 172 Å². The van der Waals surface area contributed by atoms with E-state index >= 15 is 0 Å². The van der Waals surface area contributed by atoms with Crippen LogP contribution in [-0.2, 0) is 0 Å². The molecule has 2 aromatic carbocycles. The Hall–Kier alpha value is -2.73. The lowest BCUT2D eigenvalue weighted by Crippen LogP contribution is -3.11. The number of hydrogen-bond donors (Lipinski definition) is 1. The molecular weight excluding hydrogens is 368 g/mol. The molecule has 2 aliphatic rings. The molecule has 4 rings (SSSR count). The second-order valence-electron chi connectivity index (χ2n) is 8.03. The molecule has 0 saturated carbocycles. The van der Waals surface area contributed by atoms with E-state index in [0.717, 1.165) is 25.2 Å². The minimum Gasteiger partial charge on any atom is -0.493 e. The van der Waals surface area contributed by atoms with Gasteiger partial charge < -0.3 is 24.0 Å². The summed E-state index contributed by atoms with van der Waals surface area (Å²) in [5.41, 5.74) is 4.08. The average molecular weight is 397 g/mol. The van der Waals surface area contributed by atoms with Gasteiger partial charge in [0.2, 0.25) is 5.75 Å². The first-order chi connectivity index (χ1) is 14.0. The largest absolute Gasteiger partial charge is 0.493 e. The lowest BCUT2D eigenvalue weighted by molar-refractivity contribution is -0.886. The van der Waals surface area contributed by atoms with Crippen LogP contribution in [0.5, 0.6) is 17.2 Å². The minimum atomic E-state index is -0.0265. The van der Waals surface area contributed by atoms with Gasteiger partial charge in [-0.15, -0.1) is 0 Å². The number of nitrogens with zero attached hydrogens (tertiary/aromatic N) is 1. The number of ether oxygens (including phenoxy) is 3. The van der Waals surface area contributed by atoms with E-state index in [1.165, 1.54) is 16.0 Å². The van der Waals surface area contributed by atoms with E-state index in [1.54, 1.807) is 33.5 Å². The first-order valence-electron chi connectivity index (χ1n) is 10.0. The third-order valence-electron chi connectivity index (χ3n) is 6.20. The molecular formula is C23H29N2O4+. The van der Waals surface area contributed by atoms with Crippen LogP contribution >= 0.6 is 0 Å². The molecule has 1 saturated heterocycles. The molecule has 2 aromatic rings. The summed E-state index contributed by atoms with van der Waals surface area (Å²) < 4.78 is 16.3. The maximum atomic E-state index is 13.7. The maximum absolute atomic E-state index is 13.7.